The van der Waals surface area contributed by atoms with Crippen LogP contribution in [-0.4, -0.2) is 57.7 Å². The van der Waals surface area contributed by atoms with Gasteiger partial charge in [-0.25, -0.2) is 13.4 Å². The fraction of sp³-hybridized carbons (Fsp3) is 0.250. The monoisotopic (exact) mass is 529 g/mol. The Morgan fingerprint density at radius 1 is 1.03 bits per heavy atom. The molecule has 0 spiro atoms. The van der Waals surface area contributed by atoms with Gasteiger partial charge in [-0.05, 0) is 43.3 Å². The van der Waals surface area contributed by atoms with E-state index in [4.69, 9.17) is 21.1 Å². The number of benzene rings is 1. The van der Waals surface area contributed by atoms with Gasteiger partial charge in [0.2, 0.25) is 0 Å². The van der Waals surface area contributed by atoms with Gasteiger partial charge in [-0.3, -0.25) is 9.55 Å². The molecule has 10 nitrogen and oxygen atoms in total. The number of halogens is 1. The predicted octanol–water partition coefficient (Wildman–Crippen LogP) is 3.43. The molecule has 2 atom stereocenters. The summed E-state index contributed by atoms with van der Waals surface area (Å²) < 4.78 is 39.6. The second-order valence-corrected chi connectivity index (χ2v) is 10.6. The van der Waals surface area contributed by atoms with Gasteiger partial charge >= 0.3 is 0 Å². The first kappa shape index (κ1) is 25.5. The van der Waals surface area contributed by atoms with Crippen molar-refractivity contribution in [1.82, 2.24) is 24.7 Å². The summed E-state index contributed by atoms with van der Waals surface area (Å²) in [4.78, 5) is 8.19. The number of para-hydroxylation sites is 1. The van der Waals surface area contributed by atoms with E-state index in [0.29, 0.717) is 28.6 Å². The Hall–Kier alpha value is -3.54. The molecule has 0 bridgehead atoms. The number of aliphatic hydroxyl groups is 1. The molecule has 188 valence electrons. The zero-order chi connectivity index (χ0) is 25.9. The van der Waals surface area contributed by atoms with E-state index >= 15 is 0 Å². The van der Waals surface area contributed by atoms with E-state index in [2.05, 4.69) is 20.2 Å². The lowest BCUT2D eigenvalue weighted by molar-refractivity contribution is 0.171. The maximum atomic E-state index is 13.5. The fourth-order valence-corrected chi connectivity index (χ4v) is 5.23. The molecular weight excluding hydrogens is 506 g/mol. The van der Waals surface area contributed by atoms with Crippen molar-refractivity contribution < 1.29 is 23.0 Å². The Morgan fingerprint density at radius 3 is 2.33 bits per heavy atom. The number of rotatable bonds is 9. The largest absolute Gasteiger partial charge is 0.494 e. The lowest BCUT2D eigenvalue weighted by atomic mass is 10.2. The van der Waals surface area contributed by atoms with Crippen LogP contribution in [0.25, 0.3) is 17.1 Å². The molecule has 4 rings (SSSR count). The molecule has 0 aliphatic rings. The Morgan fingerprint density at radius 2 is 1.72 bits per heavy atom. The molecule has 4 aromatic rings. The number of hydrogen-bond acceptors (Lipinski definition) is 9. The predicted molar refractivity (Wildman–Crippen MR) is 134 cm³/mol. The Labute approximate surface area is 213 Å². The number of aliphatic hydroxyl groups excluding tert-OH is 1. The smallest absolute Gasteiger partial charge is 0.170 e. The van der Waals surface area contributed by atoms with Crippen LogP contribution in [0.3, 0.4) is 0 Å². The van der Waals surface area contributed by atoms with Crippen molar-refractivity contribution in [1.29, 1.82) is 0 Å². The third-order valence-electron chi connectivity index (χ3n) is 5.66. The summed E-state index contributed by atoms with van der Waals surface area (Å²) in [6.45, 7) is 1.41. The molecule has 0 fully saturated rings. The molecule has 1 aromatic carbocycles. The minimum Gasteiger partial charge on any atom is -0.494 e. The quantitative estimate of drug-likeness (QED) is 0.324. The highest BCUT2D eigenvalue weighted by atomic mass is 35.5. The third kappa shape index (κ3) is 5.03. The summed E-state index contributed by atoms with van der Waals surface area (Å²) in [7, 11) is -0.967. The van der Waals surface area contributed by atoms with Crippen LogP contribution in [0.15, 0.2) is 60.9 Å². The van der Waals surface area contributed by atoms with Crippen molar-refractivity contribution in [3.8, 4) is 28.6 Å². The molecule has 0 unspecified atom stereocenters. The average molecular weight is 530 g/mol. The molecule has 0 aliphatic heterocycles. The number of aromatic nitrogens is 5. The maximum Gasteiger partial charge on any atom is 0.170 e. The van der Waals surface area contributed by atoms with Crippen molar-refractivity contribution in [2.24, 2.45) is 0 Å². The van der Waals surface area contributed by atoms with Crippen LogP contribution in [0, 0.1) is 0 Å². The average Bonchev–Trinajstić information content (AvgIpc) is 3.29. The molecule has 0 amide bonds. The van der Waals surface area contributed by atoms with Crippen molar-refractivity contribution in [3.63, 3.8) is 0 Å². The Balaban J connectivity index is 1.82. The third-order valence-corrected chi connectivity index (χ3v) is 7.92. The van der Waals surface area contributed by atoms with Gasteiger partial charge in [-0.1, -0.05) is 23.7 Å². The number of methoxy groups -OCH3 is 2. The van der Waals surface area contributed by atoms with E-state index in [1.54, 1.807) is 59.4 Å². The zero-order valence-electron chi connectivity index (χ0n) is 19.7. The second kappa shape index (κ2) is 10.6. The van der Waals surface area contributed by atoms with E-state index < -0.39 is 26.9 Å². The van der Waals surface area contributed by atoms with E-state index in [0.717, 1.165) is 0 Å². The first-order valence-electron chi connectivity index (χ1n) is 10.8. The van der Waals surface area contributed by atoms with Gasteiger partial charge in [0.05, 0.1) is 25.2 Å². The van der Waals surface area contributed by atoms with Gasteiger partial charge in [0.25, 0.3) is 0 Å². The summed E-state index contributed by atoms with van der Waals surface area (Å²) in [5.74, 6) is 0.777. The maximum absolute atomic E-state index is 13.5. The lowest BCUT2D eigenvalue weighted by Crippen LogP contribution is -2.28. The number of hydrogen-bond donors (Lipinski definition) is 1. The van der Waals surface area contributed by atoms with Crippen molar-refractivity contribution in [2.45, 2.75) is 24.0 Å². The van der Waals surface area contributed by atoms with Gasteiger partial charge in [0.1, 0.15) is 34.2 Å². The van der Waals surface area contributed by atoms with Crippen LogP contribution in [0.1, 0.15) is 24.5 Å². The van der Waals surface area contributed by atoms with Crippen LogP contribution in [0.5, 0.6) is 11.5 Å². The molecule has 0 saturated heterocycles. The van der Waals surface area contributed by atoms with E-state index in [-0.39, 0.29) is 16.7 Å². The molecule has 0 saturated carbocycles. The van der Waals surface area contributed by atoms with Gasteiger partial charge in [0, 0.05) is 18.0 Å². The normalized spacial score (nSPS) is 13.2. The van der Waals surface area contributed by atoms with Crippen LogP contribution >= 0.6 is 11.6 Å². The molecule has 3 heterocycles. The number of sulfone groups is 1. The van der Waals surface area contributed by atoms with E-state index in [9.17, 15) is 13.5 Å². The first-order chi connectivity index (χ1) is 17.3. The summed E-state index contributed by atoms with van der Waals surface area (Å²) in [6, 6.07) is 13.4. The van der Waals surface area contributed by atoms with Crippen molar-refractivity contribution >= 4 is 21.4 Å². The Kier molecular flexibility index (Phi) is 7.53. The highest BCUT2D eigenvalue weighted by Crippen LogP contribution is 2.37. The van der Waals surface area contributed by atoms with Crippen LogP contribution in [0.2, 0.25) is 5.15 Å². The highest BCUT2D eigenvalue weighted by Gasteiger charge is 2.33. The second-order valence-electron chi connectivity index (χ2n) is 7.87. The van der Waals surface area contributed by atoms with Gasteiger partial charge in [-0.15, -0.1) is 10.2 Å². The topological polar surface area (TPSA) is 129 Å². The van der Waals surface area contributed by atoms with Crippen molar-refractivity contribution in [2.75, 3.05) is 14.2 Å². The van der Waals surface area contributed by atoms with Crippen LogP contribution < -0.4 is 9.47 Å². The number of pyridine rings is 2. The van der Waals surface area contributed by atoms with Gasteiger partial charge < -0.3 is 14.6 Å². The molecule has 3 aromatic heterocycles. The highest BCUT2D eigenvalue weighted by molar-refractivity contribution is 7.91. The molecule has 0 aliphatic carbocycles. The minimum atomic E-state index is -3.97. The first-order valence-corrected chi connectivity index (χ1v) is 12.9. The van der Waals surface area contributed by atoms with Gasteiger partial charge in [-0.2, -0.15) is 0 Å². The van der Waals surface area contributed by atoms with Crippen LogP contribution in [-0.2, 0) is 15.6 Å². The molecular formula is C24H24ClN5O5S. The fourth-order valence-electron chi connectivity index (χ4n) is 3.72. The summed E-state index contributed by atoms with van der Waals surface area (Å²) >= 11 is 5.92. The molecule has 0 radical (unpaired) electrons. The van der Waals surface area contributed by atoms with Gasteiger partial charge in [0.15, 0.2) is 21.5 Å². The molecule has 1 N–H and O–H groups in total. The SMILES string of the molecule is COc1cccc(OC)c1-n1c(CS(=O)(=O)[C@H](C)[C@@H](O)c2cccc(Cl)n2)nnc1-c1cccnc1. The summed E-state index contributed by atoms with van der Waals surface area (Å²) in [5, 5.41) is 18.2. The summed E-state index contributed by atoms with van der Waals surface area (Å²) in [6.07, 6.45) is 1.81. The standard InChI is InChI=1S/C24H24ClN5O5S/c1-15(23(31)17-8-4-11-20(25)27-17)36(32,33)14-21-28-29-24(16-7-6-12-26-13-16)30(21)22-18(34-2)9-5-10-19(22)35-3/h4-13,15,23,31H,14H2,1-3H3/t15-,23-/m1/s1. The Bertz CT molecular complexity index is 1440. The summed E-state index contributed by atoms with van der Waals surface area (Å²) in [5.41, 5.74) is 1.20. The van der Waals surface area contributed by atoms with E-state index in [1.165, 1.54) is 27.2 Å². The van der Waals surface area contributed by atoms with Crippen LogP contribution in [0.4, 0.5) is 0 Å². The molecule has 12 heteroatoms. The minimum absolute atomic E-state index is 0.106. The lowest BCUT2D eigenvalue weighted by Gasteiger charge is -2.20. The number of ether oxygens (including phenoxy) is 2. The van der Waals surface area contributed by atoms with E-state index in [1.807, 2.05) is 0 Å². The number of nitrogens with zero attached hydrogens (tertiary/aromatic N) is 5. The zero-order valence-corrected chi connectivity index (χ0v) is 21.3. The molecule has 36 heavy (non-hydrogen) atoms. The van der Waals surface area contributed by atoms with Crippen molar-refractivity contribution in [3.05, 3.63) is 77.6 Å².